The van der Waals surface area contributed by atoms with Crippen LogP contribution in [0.15, 0.2) is 36.5 Å². The number of alkyl halides is 3. The summed E-state index contributed by atoms with van der Waals surface area (Å²) in [5.41, 5.74) is -0.909. The second-order valence-electron chi connectivity index (χ2n) is 5.67. The molecule has 0 bridgehead atoms. The highest BCUT2D eigenvalue weighted by molar-refractivity contribution is 6.05. The summed E-state index contributed by atoms with van der Waals surface area (Å²) in [4.78, 5) is 22.3. The van der Waals surface area contributed by atoms with Gasteiger partial charge in [0.25, 0.3) is 5.91 Å². The Kier molecular flexibility index (Phi) is 5.61. The lowest BCUT2D eigenvalue weighted by molar-refractivity contribution is -0.137. The van der Waals surface area contributed by atoms with E-state index in [1.165, 1.54) is 23.2 Å². The van der Waals surface area contributed by atoms with Crippen LogP contribution in [0.25, 0.3) is 0 Å². The topological polar surface area (TPSA) is 58.1 Å². The highest BCUT2D eigenvalue weighted by Gasteiger charge is 2.31. The van der Waals surface area contributed by atoms with Gasteiger partial charge in [-0.25, -0.2) is 4.98 Å². The first-order chi connectivity index (χ1) is 11.7. The van der Waals surface area contributed by atoms with Crippen LogP contribution < -0.4 is 10.2 Å². The van der Waals surface area contributed by atoms with E-state index in [0.717, 1.165) is 12.1 Å². The van der Waals surface area contributed by atoms with Crippen LogP contribution in [0.5, 0.6) is 0 Å². The van der Waals surface area contributed by atoms with Crippen LogP contribution in [0.4, 0.5) is 24.9 Å². The molecule has 25 heavy (non-hydrogen) atoms. The molecule has 134 valence electrons. The van der Waals surface area contributed by atoms with Gasteiger partial charge in [-0.05, 0) is 45.0 Å². The van der Waals surface area contributed by atoms with E-state index in [1.54, 1.807) is 13.0 Å². The standard InChI is InChI=1S/C17H19F3N4O/c1-4-24(14-8-9-21-16(23-14)22-11(2)3)15(25)12-6-5-7-13(10-12)17(18,19)20/h5-11H,4H2,1-3H3,(H,21,22,23). The third-order valence-corrected chi connectivity index (χ3v) is 3.33. The first-order valence-electron chi connectivity index (χ1n) is 7.81. The van der Waals surface area contributed by atoms with Crippen molar-refractivity contribution in [1.82, 2.24) is 9.97 Å². The Bertz CT molecular complexity index is 747. The molecule has 1 amide bonds. The molecule has 2 aromatic rings. The summed E-state index contributed by atoms with van der Waals surface area (Å²) in [7, 11) is 0. The molecule has 1 N–H and O–H groups in total. The number of benzene rings is 1. The Morgan fingerprint density at radius 1 is 1.28 bits per heavy atom. The maximum atomic E-state index is 12.9. The largest absolute Gasteiger partial charge is 0.416 e. The van der Waals surface area contributed by atoms with Crippen LogP contribution in [-0.4, -0.2) is 28.5 Å². The van der Waals surface area contributed by atoms with Gasteiger partial charge in [0.1, 0.15) is 5.82 Å². The Morgan fingerprint density at radius 2 is 2.00 bits per heavy atom. The number of nitrogens with zero attached hydrogens (tertiary/aromatic N) is 3. The fraction of sp³-hybridized carbons (Fsp3) is 0.353. The third kappa shape index (κ3) is 4.68. The maximum absolute atomic E-state index is 12.9. The molecule has 0 aliphatic heterocycles. The zero-order valence-corrected chi connectivity index (χ0v) is 14.1. The van der Waals surface area contributed by atoms with Crippen molar-refractivity contribution >= 4 is 17.7 Å². The number of carbonyl (C=O) groups is 1. The van der Waals surface area contributed by atoms with Crippen LogP contribution in [-0.2, 0) is 6.18 Å². The van der Waals surface area contributed by atoms with Gasteiger partial charge in [-0.15, -0.1) is 0 Å². The number of anilines is 2. The number of hydrogen-bond donors (Lipinski definition) is 1. The Morgan fingerprint density at radius 3 is 2.60 bits per heavy atom. The van der Waals surface area contributed by atoms with E-state index >= 15 is 0 Å². The van der Waals surface area contributed by atoms with E-state index in [-0.39, 0.29) is 18.2 Å². The number of halogens is 3. The van der Waals surface area contributed by atoms with Crippen molar-refractivity contribution in [2.45, 2.75) is 33.0 Å². The third-order valence-electron chi connectivity index (χ3n) is 3.33. The molecule has 0 aliphatic carbocycles. The lowest BCUT2D eigenvalue weighted by Crippen LogP contribution is -2.32. The summed E-state index contributed by atoms with van der Waals surface area (Å²) in [5.74, 6) is 0.119. The highest BCUT2D eigenvalue weighted by atomic mass is 19.4. The van der Waals surface area contributed by atoms with E-state index in [9.17, 15) is 18.0 Å². The average molecular weight is 352 g/mol. The smallest absolute Gasteiger partial charge is 0.352 e. The zero-order valence-electron chi connectivity index (χ0n) is 14.1. The normalized spacial score (nSPS) is 11.5. The van der Waals surface area contributed by atoms with Gasteiger partial charge in [0.15, 0.2) is 0 Å². The molecule has 0 atom stereocenters. The molecular weight excluding hydrogens is 333 g/mol. The molecule has 0 aliphatic rings. The van der Waals surface area contributed by atoms with E-state index in [4.69, 9.17) is 0 Å². The van der Waals surface area contributed by atoms with E-state index in [0.29, 0.717) is 11.8 Å². The van der Waals surface area contributed by atoms with Crippen molar-refractivity contribution in [2.75, 3.05) is 16.8 Å². The minimum atomic E-state index is -4.50. The first-order valence-corrected chi connectivity index (χ1v) is 7.81. The summed E-state index contributed by atoms with van der Waals surface area (Å²) in [5, 5.41) is 3.02. The van der Waals surface area contributed by atoms with Gasteiger partial charge in [-0.3, -0.25) is 9.69 Å². The lowest BCUT2D eigenvalue weighted by Gasteiger charge is -2.21. The quantitative estimate of drug-likeness (QED) is 0.884. The van der Waals surface area contributed by atoms with Crippen LogP contribution in [0, 0.1) is 0 Å². The second-order valence-corrected chi connectivity index (χ2v) is 5.67. The lowest BCUT2D eigenvalue weighted by atomic mass is 10.1. The van der Waals surface area contributed by atoms with Crippen molar-refractivity contribution in [2.24, 2.45) is 0 Å². The fourth-order valence-corrected chi connectivity index (χ4v) is 2.22. The van der Waals surface area contributed by atoms with Gasteiger partial charge < -0.3 is 5.32 Å². The van der Waals surface area contributed by atoms with Gasteiger partial charge >= 0.3 is 6.18 Å². The molecule has 0 saturated carbocycles. The SMILES string of the molecule is CCN(C(=O)c1cccc(C(F)(F)F)c1)c1ccnc(NC(C)C)n1. The van der Waals surface area contributed by atoms with E-state index in [1.807, 2.05) is 13.8 Å². The summed E-state index contributed by atoms with van der Waals surface area (Å²) in [6.45, 7) is 5.82. The van der Waals surface area contributed by atoms with Crippen molar-refractivity contribution in [3.63, 3.8) is 0 Å². The van der Waals surface area contributed by atoms with Crippen LogP contribution in [0.2, 0.25) is 0 Å². The molecule has 1 heterocycles. The Hall–Kier alpha value is -2.64. The van der Waals surface area contributed by atoms with Crippen LogP contribution in [0.1, 0.15) is 36.7 Å². The molecule has 0 saturated heterocycles. The Balaban J connectivity index is 2.33. The molecule has 1 aromatic heterocycles. The molecule has 0 unspecified atom stereocenters. The summed E-state index contributed by atoms with van der Waals surface area (Å²) >= 11 is 0. The maximum Gasteiger partial charge on any atom is 0.416 e. The number of aromatic nitrogens is 2. The predicted octanol–water partition coefficient (Wildman–Crippen LogP) is 3.98. The van der Waals surface area contributed by atoms with Crippen molar-refractivity contribution in [3.05, 3.63) is 47.7 Å². The monoisotopic (exact) mass is 352 g/mol. The predicted molar refractivity (Wildman–Crippen MR) is 89.6 cm³/mol. The van der Waals surface area contributed by atoms with Gasteiger partial charge in [0.05, 0.1) is 5.56 Å². The minimum absolute atomic E-state index is 0.0475. The summed E-state index contributed by atoms with van der Waals surface area (Å²) in [6.07, 6.45) is -3.01. The van der Waals surface area contributed by atoms with Crippen molar-refractivity contribution in [1.29, 1.82) is 0 Å². The Labute approximate surface area is 143 Å². The van der Waals surface area contributed by atoms with E-state index in [2.05, 4.69) is 15.3 Å². The van der Waals surface area contributed by atoms with Crippen molar-refractivity contribution in [3.8, 4) is 0 Å². The van der Waals surface area contributed by atoms with E-state index < -0.39 is 17.6 Å². The molecule has 0 radical (unpaired) electrons. The molecule has 0 fully saturated rings. The zero-order chi connectivity index (χ0) is 18.6. The molecular formula is C17H19F3N4O. The van der Waals surface area contributed by atoms with Gasteiger partial charge in [-0.1, -0.05) is 6.07 Å². The molecule has 1 aromatic carbocycles. The molecule has 5 nitrogen and oxygen atoms in total. The first kappa shape index (κ1) is 18.7. The fourth-order valence-electron chi connectivity index (χ4n) is 2.22. The average Bonchev–Trinajstić information content (AvgIpc) is 2.54. The summed E-state index contributed by atoms with van der Waals surface area (Å²) < 4.78 is 38.6. The van der Waals surface area contributed by atoms with Crippen LogP contribution >= 0.6 is 0 Å². The minimum Gasteiger partial charge on any atom is -0.352 e. The molecule has 0 spiro atoms. The number of carbonyl (C=O) groups excluding carboxylic acids is 1. The van der Waals surface area contributed by atoms with Gasteiger partial charge in [-0.2, -0.15) is 18.2 Å². The van der Waals surface area contributed by atoms with Gasteiger partial charge in [0.2, 0.25) is 5.95 Å². The number of hydrogen-bond acceptors (Lipinski definition) is 4. The number of rotatable bonds is 5. The highest BCUT2D eigenvalue weighted by Crippen LogP contribution is 2.30. The van der Waals surface area contributed by atoms with Crippen LogP contribution in [0.3, 0.4) is 0 Å². The summed E-state index contributed by atoms with van der Waals surface area (Å²) in [6, 6.07) is 6.00. The van der Waals surface area contributed by atoms with Gasteiger partial charge in [0, 0.05) is 24.3 Å². The second kappa shape index (κ2) is 7.50. The molecule has 8 heteroatoms. The number of nitrogens with one attached hydrogen (secondary N) is 1. The van der Waals surface area contributed by atoms with Crippen molar-refractivity contribution < 1.29 is 18.0 Å². The molecule has 2 rings (SSSR count). The number of amides is 1.